The summed E-state index contributed by atoms with van der Waals surface area (Å²) >= 11 is 0. The van der Waals surface area contributed by atoms with Crippen molar-refractivity contribution in [2.75, 3.05) is 0 Å². The van der Waals surface area contributed by atoms with Crippen molar-refractivity contribution in [1.82, 2.24) is 9.97 Å². The second kappa shape index (κ2) is 4.75. The van der Waals surface area contributed by atoms with E-state index in [2.05, 4.69) is 9.97 Å². The van der Waals surface area contributed by atoms with Gasteiger partial charge in [-0.1, -0.05) is 6.07 Å². The molecule has 1 aromatic heterocycles. The molecule has 3 nitrogen and oxygen atoms in total. The summed E-state index contributed by atoms with van der Waals surface area (Å²) in [5.74, 6) is -1.88. The predicted molar refractivity (Wildman–Crippen MR) is 57.8 cm³/mol. The van der Waals surface area contributed by atoms with Crippen LogP contribution in [0.4, 0.5) is 17.6 Å². The Bertz CT molecular complexity index is 608. The van der Waals surface area contributed by atoms with Crippen molar-refractivity contribution in [3.63, 3.8) is 0 Å². The Morgan fingerprint density at radius 3 is 2.26 bits per heavy atom. The van der Waals surface area contributed by atoms with Crippen molar-refractivity contribution in [1.29, 1.82) is 0 Å². The van der Waals surface area contributed by atoms with E-state index in [1.807, 2.05) is 0 Å². The van der Waals surface area contributed by atoms with E-state index in [-0.39, 0.29) is 16.7 Å². The molecular weight excluding hydrogens is 264 g/mol. The average Bonchev–Trinajstić information content (AvgIpc) is 2.37. The van der Waals surface area contributed by atoms with E-state index in [4.69, 9.17) is 0 Å². The monoisotopic (exact) mass is 270 g/mol. The summed E-state index contributed by atoms with van der Waals surface area (Å²) in [7, 11) is 0. The molecule has 1 heterocycles. The Morgan fingerprint density at radius 1 is 1.11 bits per heavy atom. The Kier molecular flexibility index (Phi) is 3.28. The lowest BCUT2D eigenvalue weighted by atomic mass is 10.0. The van der Waals surface area contributed by atoms with Gasteiger partial charge in [-0.25, -0.2) is 14.4 Å². The van der Waals surface area contributed by atoms with Gasteiger partial charge in [0.2, 0.25) is 5.82 Å². The van der Waals surface area contributed by atoms with Crippen molar-refractivity contribution in [3.05, 3.63) is 47.8 Å². The van der Waals surface area contributed by atoms with E-state index in [1.54, 1.807) is 0 Å². The van der Waals surface area contributed by atoms with Gasteiger partial charge in [-0.2, -0.15) is 13.2 Å². The van der Waals surface area contributed by atoms with Crippen LogP contribution in [-0.2, 0) is 6.18 Å². The molecule has 0 unspecified atom stereocenters. The van der Waals surface area contributed by atoms with Gasteiger partial charge in [-0.05, 0) is 17.7 Å². The van der Waals surface area contributed by atoms with Crippen molar-refractivity contribution in [2.24, 2.45) is 0 Å². The van der Waals surface area contributed by atoms with Crippen LogP contribution in [0.15, 0.2) is 30.6 Å². The molecule has 0 fully saturated rings. The average molecular weight is 270 g/mol. The number of hydrogen-bond donors (Lipinski definition) is 0. The van der Waals surface area contributed by atoms with Crippen LogP contribution < -0.4 is 0 Å². The van der Waals surface area contributed by atoms with Crippen LogP contribution in [0, 0.1) is 5.82 Å². The van der Waals surface area contributed by atoms with E-state index in [9.17, 15) is 22.4 Å². The van der Waals surface area contributed by atoms with Gasteiger partial charge in [-0.3, -0.25) is 4.79 Å². The molecule has 2 rings (SSSR count). The minimum atomic E-state index is -4.63. The molecular formula is C12H6F4N2O. The number of aromatic nitrogens is 2. The fourth-order valence-electron chi connectivity index (χ4n) is 1.51. The van der Waals surface area contributed by atoms with E-state index in [0.29, 0.717) is 6.29 Å². The highest BCUT2D eigenvalue weighted by atomic mass is 19.4. The highest BCUT2D eigenvalue weighted by Crippen LogP contribution is 2.28. The van der Waals surface area contributed by atoms with Gasteiger partial charge in [0.05, 0.1) is 0 Å². The standard InChI is InChI=1S/C12H6F4N2O/c13-9-1-2-10(7(3-9)6-19)8-4-17-11(18-5-8)12(14,15)16/h1-6H. The van der Waals surface area contributed by atoms with Gasteiger partial charge in [0, 0.05) is 23.5 Å². The first-order valence-electron chi connectivity index (χ1n) is 5.06. The van der Waals surface area contributed by atoms with Gasteiger partial charge in [-0.15, -0.1) is 0 Å². The van der Waals surface area contributed by atoms with Crippen molar-refractivity contribution in [2.45, 2.75) is 6.18 Å². The topological polar surface area (TPSA) is 42.9 Å². The molecule has 0 atom stereocenters. The summed E-state index contributed by atoms with van der Waals surface area (Å²) in [5, 5.41) is 0. The molecule has 0 radical (unpaired) electrons. The molecule has 0 saturated heterocycles. The molecule has 7 heteroatoms. The quantitative estimate of drug-likeness (QED) is 0.622. The molecule has 0 aliphatic heterocycles. The van der Waals surface area contributed by atoms with Gasteiger partial charge >= 0.3 is 6.18 Å². The van der Waals surface area contributed by atoms with Gasteiger partial charge in [0.15, 0.2) is 6.29 Å². The zero-order valence-electron chi connectivity index (χ0n) is 9.28. The third kappa shape index (κ3) is 2.75. The van der Waals surface area contributed by atoms with Gasteiger partial charge in [0.25, 0.3) is 0 Å². The highest BCUT2D eigenvalue weighted by molar-refractivity contribution is 5.87. The fraction of sp³-hybridized carbons (Fsp3) is 0.0833. The van der Waals surface area contributed by atoms with Crippen LogP contribution in [0.1, 0.15) is 16.2 Å². The molecule has 1 aromatic carbocycles. The predicted octanol–water partition coefficient (Wildman–Crippen LogP) is 3.11. The first-order chi connectivity index (χ1) is 8.91. The lowest BCUT2D eigenvalue weighted by Gasteiger charge is -2.07. The minimum Gasteiger partial charge on any atom is -0.298 e. The Labute approximate surface area is 104 Å². The summed E-state index contributed by atoms with van der Waals surface area (Å²) < 4.78 is 49.8. The number of aldehydes is 1. The Morgan fingerprint density at radius 2 is 1.74 bits per heavy atom. The number of carbonyl (C=O) groups is 1. The summed E-state index contributed by atoms with van der Waals surface area (Å²) in [6.45, 7) is 0. The van der Waals surface area contributed by atoms with Gasteiger partial charge in [0.1, 0.15) is 5.82 Å². The molecule has 0 saturated carbocycles. The normalized spacial score (nSPS) is 11.4. The Hall–Kier alpha value is -2.31. The maximum atomic E-state index is 12.9. The van der Waals surface area contributed by atoms with Crippen LogP contribution in [0.25, 0.3) is 11.1 Å². The molecule has 0 amide bonds. The fourth-order valence-corrected chi connectivity index (χ4v) is 1.51. The molecule has 2 aromatic rings. The Balaban J connectivity index is 2.46. The summed E-state index contributed by atoms with van der Waals surface area (Å²) in [5.41, 5.74) is 0.489. The zero-order valence-corrected chi connectivity index (χ0v) is 9.28. The molecule has 0 bridgehead atoms. The van der Waals surface area contributed by atoms with E-state index in [1.165, 1.54) is 6.07 Å². The van der Waals surface area contributed by atoms with E-state index < -0.39 is 17.8 Å². The SMILES string of the molecule is O=Cc1cc(F)ccc1-c1cnc(C(F)(F)F)nc1. The maximum absolute atomic E-state index is 12.9. The minimum absolute atomic E-state index is 0.0170. The molecule has 0 aliphatic carbocycles. The highest BCUT2D eigenvalue weighted by Gasteiger charge is 2.34. The lowest BCUT2D eigenvalue weighted by Crippen LogP contribution is -2.10. The van der Waals surface area contributed by atoms with E-state index in [0.717, 1.165) is 24.5 Å². The molecule has 0 N–H and O–H groups in total. The second-order valence-corrected chi connectivity index (χ2v) is 3.64. The number of halogens is 4. The van der Waals surface area contributed by atoms with Crippen LogP contribution in [0.2, 0.25) is 0 Å². The van der Waals surface area contributed by atoms with Crippen molar-refractivity contribution >= 4 is 6.29 Å². The number of hydrogen-bond acceptors (Lipinski definition) is 3. The van der Waals surface area contributed by atoms with E-state index >= 15 is 0 Å². The molecule has 0 spiro atoms. The van der Waals surface area contributed by atoms with Crippen LogP contribution in [0.5, 0.6) is 0 Å². The second-order valence-electron chi connectivity index (χ2n) is 3.64. The summed E-state index contributed by atoms with van der Waals surface area (Å²) in [6.07, 6.45) is -2.34. The third-order valence-corrected chi connectivity index (χ3v) is 2.36. The van der Waals surface area contributed by atoms with Crippen LogP contribution in [-0.4, -0.2) is 16.3 Å². The number of benzene rings is 1. The smallest absolute Gasteiger partial charge is 0.298 e. The van der Waals surface area contributed by atoms with Gasteiger partial charge < -0.3 is 0 Å². The van der Waals surface area contributed by atoms with Crippen LogP contribution in [0.3, 0.4) is 0 Å². The molecule has 98 valence electrons. The van der Waals surface area contributed by atoms with Crippen LogP contribution >= 0.6 is 0 Å². The van der Waals surface area contributed by atoms with Crippen molar-refractivity contribution < 1.29 is 22.4 Å². The first-order valence-corrected chi connectivity index (χ1v) is 5.06. The van der Waals surface area contributed by atoms with Crippen molar-refractivity contribution in [3.8, 4) is 11.1 Å². The first kappa shape index (κ1) is 13.1. The largest absolute Gasteiger partial charge is 0.451 e. The molecule has 19 heavy (non-hydrogen) atoms. The number of rotatable bonds is 2. The number of alkyl halides is 3. The molecule has 0 aliphatic rings. The number of nitrogens with zero attached hydrogens (tertiary/aromatic N) is 2. The summed E-state index contributed by atoms with van der Waals surface area (Å²) in [6, 6.07) is 3.37. The lowest BCUT2D eigenvalue weighted by molar-refractivity contribution is -0.144. The summed E-state index contributed by atoms with van der Waals surface area (Å²) in [4.78, 5) is 17.1. The maximum Gasteiger partial charge on any atom is 0.451 e. The zero-order chi connectivity index (χ0) is 14.0. The number of carbonyl (C=O) groups excluding carboxylic acids is 1. The third-order valence-electron chi connectivity index (χ3n) is 2.36.